The second kappa shape index (κ2) is 8.19. The SMILES string of the molecule is CC1CC(NC(=O)c2ccc(Cl)c(S(=O)(=O)N=CN(C)C)c2)CC(C)(C)C1. The van der Waals surface area contributed by atoms with Crippen molar-refractivity contribution in [3.63, 3.8) is 0 Å². The first-order chi connectivity index (χ1) is 12.4. The number of hydrogen-bond acceptors (Lipinski definition) is 3. The van der Waals surface area contributed by atoms with Crippen LogP contribution in [-0.4, -0.2) is 45.7 Å². The lowest BCUT2D eigenvalue weighted by Crippen LogP contribution is -2.43. The highest BCUT2D eigenvalue weighted by molar-refractivity contribution is 7.90. The molecule has 1 aromatic rings. The third-order valence-electron chi connectivity index (χ3n) is 4.61. The number of sulfonamides is 1. The third kappa shape index (κ3) is 5.94. The first kappa shape index (κ1) is 21.7. The standard InChI is InChI=1S/C19H28ClN3O3S/c1-13-8-15(11-19(2,3)10-13)22-18(24)14-6-7-16(20)17(9-14)27(25,26)21-12-23(4)5/h6-7,9,12-13,15H,8,10-11H2,1-5H3,(H,22,24). The number of nitrogens with one attached hydrogen (secondary N) is 1. The number of carbonyl (C=O) groups excluding carboxylic acids is 1. The normalized spacial score (nSPS) is 22.6. The number of rotatable bonds is 5. The van der Waals surface area contributed by atoms with Crippen molar-refractivity contribution in [2.75, 3.05) is 14.1 Å². The predicted molar refractivity (Wildman–Crippen MR) is 109 cm³/mol. The lowest BCUT2D eigenvalue weighted by molar-refractivity contribution is 0.0874. The summed E-state index contributed by atoms with van der Waals surface area (Å²) in [4.78, 5) is 14.0. The van der Waals surface area contributed by atoms with Crippen LogP contribution in [0.1, 0.15) is 50.4 Å². The van der Waals surface area contributed by atoms with Crippen LogP contribution in [0.3, 0.4) is 0 Å². The van der Waals surface area contributed by atoms with Crippen LogP contribution in [0.2, 0.25) is 5.02 Å². The largest absolute Gasteiger partial charge is 0.368 e. The summed E-state index contributed by atoms with van der Waals surface area (Å²) >= 11 is 6.05. The van der Waals surface area contributed by atoms with E-state index in [1.807, 2.05) is 0 Å². The van der Waals surface area contributed by atoms with Gasteiger partial charge in [-0.2, -0.15) is 8.42 Å². The van der Waals surface area contributed by atoms with Crippen molar-refractivity contribution in [1.82, 2.24) is 10.2 Å². The molecule has 0 bridgehead atoms. The molecule has 0 saturated heterocycles. The second-order valence-corrected chi connectivity index (χ2v) is 10.4. The molecule has 1 fully saturated rings. The van der Waals surface area contributed by atoms with Gasteiger partial charge in [0.05, 0.1) is 5.02 Å². The summed E-state index contributed by atoms with van der Waals surface area (Å²) in [7, 11) is -0.659. The molecule has 1 aliphatic rings. The van der Waals surface area contributed by atoms with Crippen LogP contribution in [0.25, 0.3) is 0 Å². The summed E-state index contributed by atoms with van der Waals surface area (Å²) in [5, 5.41) is 3.08. The van der Waals surface area contributed by atoms with Crippen LogP contribution in [0.4, 0.5) is 0 Å². The second-order valence-electron chi connectivity index (χ2n) is 8.39. The van der Waals surface area contributed by atoms with E-state index in [4.69, 9.17) is 11.6 Å². The number of carbonyl (C=O) groups is 1. The Morgan fingerprint density at radius 3 is 2.59 bits per heavy atom. The van der Waals surface area contributed by atoms with E-state index >= 15 is 0 Å². The molecule has 6 nitrogen and oxygen atoms in total. The quantitative estimate of drug-likeness (QED) is 0.591. The molecule has 27 heavy (non-hydrogen) atoms. The molecule has 1 N–H and O–H groups in total. The topological polar surface area (TPSA) is 78.8 Å². The van der Waals surface area contributed by atoms with Crippen molar-refractivity contribution in [3.05, 3.63) is 28.8 Å². The average molecular weight is 414 g/mol. The zero-order valence-corrected chi connectivity index (χ0v) is 18.1. The van der Waals surface area contributed by atoms with Crippen LogP contribution >= 0.6 is 11.6 Å². The van der Waals surface area contributed by atoms with Gasteiger partial charge in [0.2, 0.25) is 0 Å². The Labute approximate surface area is 167 Å². The van der Waals surface area contributed by atoms with E-state index in [2.05, 4.69) is 30.5 Å². The summed E-state index contributed by atoms with van der Waals surface area (Å²) in [6.45, 7) is 6.60. The predicted octanol–water partition coefficient (Wildman–Crippen LogP) is 3.56. The molecule has 0 heterocycles. The summed E-state index contributed by atoms with van der Waals surface area (Å²) in [6, 6.07) is 4.31. The van der Waals surface area contributed by atoms with Gasteiger partial charge < -0.3 is 10.2 Å². The first-order valence-corrected chi connectivity index (χ1v) is 10.8. The maximum Gasteiger partial charge on any atom is 0.285 e. The van der Waals surface area contributed by atoms with Gasteiger partial charge in [-0.15, -0.1) is 4.40 Å². The molecule has 150 valence electrons. The number of benzene rings is 1. The van der Waals surface area contributed by atoms with Gasteiger partial charge in [-0.05, 0) is 48.8 Å². The van der Waals surface area contributed by atoms with Gasteiger partial charge >= 0.3 is 0 Å². The van der Waals surface area contributed by atoms with Gasteiger partial charge in [-0.25, -0.2) is 0 Å². The molecule has 8 heteroatoms. The number of hydrogen-bond donors (Lipinski definition) is 1. The highest BCUT2D eigenvalue weighted by Gasteiger charge is 2.33. The Morgan fingerprint density at radius 1 is 1.33 bits per heavy atom. The minimum Gasteiger partial charge on any atom is -0.368 e. The molecule has 1 aromatic carbocycles. The molecular weight excluding hydrogens is 386 g/mol. The molecule has 2 atom stereocenters. The molecular formula is C19H28ClN3O3S. The number of halogens is 1. The Kier molecular flexibility index (Phi) is 6.58. The van der Waals surface area contributed by atoms with E-state index in [1.54, 1.807) is 14.1 Å². The monoisotopic (exact) mass is 413 g/mol. The van der Waals surface area contributed by atoms with Gasteiger partial charge in [0.15, 0.2) is 0 Å². The smallest absolute Gasteiger partial charge is 0.285 e. The van der Waals surface area contributed by atoms with Crippen molar-refractivity contribution in [2.24, 2.45) is 15.7 Å². The zero-order chi connectivity index (χ0) is 20.4. The number of amides is 1. The van der Waals surface area contributed by atoms with Gasteiger partial charge in [-0.3, -0.25) is 4.79 Å². The lowest BCUT2D eigenvalue weighted by atomic mass is 9.70. The van der Waals surface area contributed by atoms with E-state index in [0.717, 1.165) is 19.3 Å². The number of nitrogens with zero attached hydrogens (tertiary/aromatic N) is 2. The van der Waals surface area contributed by atoms with Crippen LogP contribution in [0.15, 0.2) is 27.5 Å². The Morgan fingerprint density at radius 2 is 2.00 bits per heavy atom. The molecule has 1 amide bonds. The fraction of sp³-hybridized carbons (Fsp3) is 0.579. The summed E-state index contributed by atoms with van der Waals surface area (Å²) in [5.74, 6) is 0.232. The third-order valence-corrected chi connectivity index (χ3v) is 6.32. The highest BCUT2D eigenvalue weighted by Crippen LogP contribution is 2.38. The Bertz CT molecular complexity index is 835. The molecule has 1 saturated carbocycles. The molecule has 0 aliphatic heterocycles. The highest BCUT2D eigenvalue weighted by atomic mass is 35.5. The summed E-state index contributed by atoms with van der Waals surface area (Å²) in [6.07, 6.45) is 4.13. The fourth-order valence-electron chi connectivity index (χ4n) is 3.78. The van der Waals surface area contributed by atoms with E-state index in [-0.39, 0.29) is 32.8 Å². The van der Waals surface area contributed by atoms with E-state index in [9.17, 15) is 13.2 Å². The molecule has 0 radical (unpaired) electrons. The van der Waals surface area contributed by atoms with Gasteiger partial charge in [0.25, 0.3) is 15.9 Å². The van der Waals surface area contributed by atoms with E-state index in [0.29, 0.717) is 5.92 Å². The van der Waals surface area contributed by atoms with Crippen molar-refractivity contribution in [1.29, 1.82) is 0 Å². The van der Waals surface area contributed by atoms with E-state index < -0.39 is 10.0 Å². The maximum atomic E-state index is 12.7. The molecule has 1 aliphatic carbocycles. The first-order valence-electron chi connectivity index (χ1n) is 8.97. The van der Waals surface area contributed by atoms with Crippen molar-refractivity contribution >= 4 is 33.9 Å². The van der Waals surface area contributed by atoms with Crippen LogP contribution in [0, 0.1) is 11.3 Å². The van der Waals surface area contributed by atoms with Gasteiger partial charge in [-0.1, -0.05) is 32.4 Å². The van der Waals surface area contributed by atoms with Gasteiger partial charge in [0, 0.05) is 25.7 Å². The van der Waals surface area contributed by atoms with Gasteiger partial charge in [0.1, 0.15) is 11.2 Å². The van der Waals surface area contributed by atoms with E-state index in [1.165, 1.54) is 29.4 Å². The molecule has 2 rings (SSSR count). The average Bonchev–Trinajstić information content (AvgIpc) is 2.51. The Balaban J connectivity index is 2.23. The molecule has 2 unspecified atom stereocenters. The molecule has 0 aromatic heterocycles. The van der Waals surface area contributed by atoms with Crippen molar-refractivity contribution in [2.45, 2.75) is 51.0 Å². The lowest BCUT2D eigenvalue weighted by Gasteiger charge is -2.39. The van der Waals surface area contributed by atoms with Crippen LogP contribution < -0.4 is 5.32 Å². The minimum atomic E-state index is -3.99. The maximum absolute atomic E-state index is 12.7. The zero-order valence-electron chi connectivity index (χ0n) is 16.5. The van der Waals surface area contributed by atoms with Crippen LogP contribution in [-0.2, 0) is 10.0 Å². The Hall–Kier alpha value is -1.60. The van der Waals surface area contributed by atoms with Crippen molar-refractivity contribution in [3.8, 4) is 0 Å². The fourth-order valence-corrected chi connectivity index (χ4v) is 5.21. The minimum absolute atomic E-state index is 0.0369. The summed E-state index contributed by atoms with van der Waals surface area (Å²) in [5.41, 5.74) is 0.430. The van der Waals surface area contributed by atoms with Crippen LogP contribution in [0.5, 0.6) is 0 Å². The molecule has 0 spiro atoms. The van der Waals surface area contributed by atoms with Crippen molar-refractivity contribution < 1.29 is 13.2 Å². The summed E-state index contributed by atoms with van der Waals surface area (Å²) < 4.78 is 28.4.